The van der Waals surface area contributed by atoms with Crippen LogP contribution in [0.3, 0.4) is 0 Å². The van der Waals surface area contributed by atoms with Gasteiger partial charge in [-0.25, -0.2) is 0 Å². The minimum atomic E-state index is -0.168. The Morgan fingerprint density at radius 1 is 1.39 bits per heavy atom. The van der Waals surface area contributed by atoms with Crippen molar-refractivity contribution in [2.45, 2.75) is 44.9 Å². The fourth-order valence-corrected chi connectivity index (χ4v) is 3.69. The van der Waals surface area contributed by atoms with E-state index in [1.54, 1.807) is 6.07 Å². The lowest BCUT2D eigenvalue weighted by Crippen LogP contribution is -2.32. The van der Waals surface area contributed by atoms with Crippen molar-refractivity contribution in [2.75, 3.05) is 26.3 Å². The Morgan fingerprint density at radius 2 is 2.32 bits per heavy atom. The fourth-order valence-electron chi connectivity index (χ4n) is 3.69. The first-order valence-corrected chi connectivity index (χ1v) is 10.1. The first kappa shape index (κ1) is 19.0. The van der Waals surface area contributed by atoms with Crippen LogP contribution in [0.4, 0.5) is 0 Å². The third-order valence-electron chi connectivity index (χ3n) is 5.33. The van der Waals surface area contributed by atoms with Crippen molar-refractivity contribution in [2.24, 2.45) is 0 Å². The smallest absolute Gasteiger partial charge is 0.272 e. The highest BCUT2D eigenvalue weighted by atomic mass is 16.5. The van der Waals surface area contributed by atoms with Gasteiger partial charge in [-0.05, 0) is 44.0 Å². The third kappa shape index (κ3) is 4.54. The van der Waals surface area contributed by atoms with Crippen LogP contribution < -0.4 is 15.4 Å². The van der Waals surface area contributed by atoms with Crippen molar-refractivity contribution < 1.29 is 14.3 Å². The molecule has 1 amide bonds. The lowest BCUT2D eigenvalue weighted by atomic mass is 10.1. The number of nitrogens with zero attached hydrogens (tertiary/aromatic N) is 2. The van der Waals surface area contributed by atoms with Gasteiger partial charge in [-0.3, -0.25) is 9.48 Å². The van der Waals surface area contributed by atoms with Crippen LogP contribution in [0, 0.1) is 6.92 Å². The van der Waals surface area contributed by atoms with Crippen LogP contribution >= 0.6 is 0 Å². The van der Waals surface area contributed by atoms with Crippen molar-refractivity contribution in [3.63, 3.8) is 0 Å². The largest absolute Gasteiger partial charge is 0.488 e. The number of ether oxygens (including phenoxy) is 2. The summed E-state index contributed by atoms with van der Waals surface area (Å²) in [6, 6.07) is 8.16. The number of rotatable bonds is 6. The molecule has 2 fully saturated rings. The van der Waals surface area contributed by atoms with E-state index in [4.69, 9.17) is 9.47 Å². The predicted molar refractivity (Wildman–Crippen MR) is 106 cm³/mol. The molecule has 1 aromatic heterocycles. The number of amides is 1. The van der Waals surface area contributed by atoms with Gasteiger partial charge in [0.1, 0.15) is 17.5 Å². The third-order valence-corrected chi connectivity index (χ3v) is 5.33. The van der Waals surface area contributed by atoms with Gasteiger partial charge < -0.3 is 20.1 Å². The number of carbonyl (C=O) groups excluding carboxylic acids is 1. The number of hydrogen-bond acceptors (Lipinski definition) is 5. The van der Waals surface area contributed by atoms with E-state index in [1.807, 2.05) is 36.0 Å². The molecule has 2 unspecified atom stereocenters. The average Bonchev–Trinajstić information content (AvgIpc) is 3.40. The van der Waals surface area contributed by atoms with Gasteiger partial charge in [-0.1, -0.05) is 12.1 Å². The SMILES string of the molecule is Cc1ccc(CNC(=O)c2ccn(C3CCCNC3)n2)c(OC2CCOC2)c1. The maximum Gasteiger partial charge on any atom is 0.272 e. The molecule has 2 aromatic rings. The van der Waals surface area contributed by atoms with Gasteiger partial charge in [0.2, 0.25) is 0 Å². The summed E-state index contributed by atoms with van der Waals surface area (Å²) >= 11 is 0. The molecular formula is C21H28N4O3. The molecule has 2 aliphatic rings. The lowest BCUT2D eigenvalue weighted by Gasteiger charge is -2.22. The summed E-state index contributed by atoms with van der Waals surface area (Å²) in [5.74, 6) is 0.646. The van der Waals surface area contributed by atoms with Crippen molar-refractivity contribution in [1.29, 1.82) is 0 Å². The van der Waals surface area contributed by atoms with E-state index in [-0.39, 0.29) is 12.0 Å². The standard InChI is InChI=1S/C21H28N4O3/c1-15-4-5-16(20(11-15)28-18-7-10-27-14-18)12-23-21(26)19-6-9-25(24-19)17-3-2-8-22-13-17/h4-6,9,11,17-18,22H,2-3,7-8,10,12-14H2,1H3,(H,23,26). The van der Waals surface area contributed by atoms with Crippen LogP contribution in [0.25, 0.3) is 0 Å². The van der Waals surface area contributed by atoms with Gasteiger partial charge in [0.25, 0.3) is 5.91 Å². The van der Waals surface area contributed by atoms with Gasteiger partial charge in [0, 0.05) is 31.3 Å². The first-order chi connectivity index (χ1) is 13.7. The summed E-state index contributed by atoms with van der Waals surface area (Å²) < 4.78 is 13.4. The number of benzene rings is 1. The van der Waals surface area contributed by atoms with Crippen molar-refractivity contribution in [3.05, 3.63) is 47.3 Å². The molecular weight excluding hydrogens is 356 g/mol. The molecule has 0 saturated carbocycles. The van der Waals surface area contributed by atoms with Crippen LogP contribution in [0.5, 0.6) is 5.75 Å². The lowest BCUT2D eigenvalue weighted by molar-refractivity contribution is 0.0943. The maximum atomic E-state index is 12.6. The predicted octanol–water partition coefficient (Wildman–Crippen LogP) is 2.21. The first-order valence-electron chi connectivity index (χ1n) is 10.1. The summed E-state index contributed by atoms with van der Waals surface area (Å²) in [5, 5.41) is 10.8. The normalized spacial score (nSPS) is 22.2. The summed E-state index contributed by atoms with van der Waals surface area (Å²) in [7, 11) is 0. The summed E-state index contributed by atoms with van der Waals surface area (Å²) in [6.07, 6.45) is 5.09. The molecule has 28 heavy (non-hydrogen) atoms. The average molecular weight is 384 g/mol. The van der Waals surface area contributed by atoms with Crippen LogP contribution in [0.1, 0.15) is 46.9 Å². The molecule has 7 nitrogen and oxygen atoms in total. The highest BCUT2D eigenvalue weighted by molar-refractivity contribution is 5.92. The minimum absolute atomic E-state index is 0.0797. The Balaban J connectivity index is 1.38. The van der Waals surface area contributed by atoms with E-state index in [0.29, 0.717) is 24.9 Å². The summed E-state index contributed by atoms with van der Waals surface area (Å²) in [6.45, 7) is 5.75. The topological polar surface area (TPSA) is 77.4 Å². The summed E-state index contributed by atoms with van der Waals surface area (Å²) in [4.78, 5) is 12.6. The van der Waals surface area contributed by atoms with Gasteiger partial charge >= 0.3 is 0 Å². The Kier molecular flexibility index (Phi) is 5.92. The molecule has 1 aromatic carbocycles. The second-order valence-corrected chi connectivity index (χ2v) is 7.58. The zero-order valence-electron chi connectivity index (χ0n) is 16.3. The number of nitrogens with one attached hydrogen (secondary N) is 2. The number of hydrogen-bond donors (Lipinski definition) is 2. The molecule has 2 atom stereocenters. The molecule has 2 N–H and O–H groups in total. The van der Waals surface area contributed by atoms with E-state index < -0.39 is 0 Å². The molecule has 2 saturated heterocycles. The molecule has 4 rings (SSSR count). The monoisotopic (exact) mass is 384 g/mol. The zero-order chi connectivity index (χ0) is 19.3. The van der Waals surface area contributed by atoms with Crippen LogP contribution in [-0.4, -0.2) is 48.1 Å². The Hall–Kier alpha value is -2.38. The van der Waals surface area contributed by atoms with Gasteiger partial charge in [0.15, 0.2) is 0 Å². The molecule has 2 aliphatic heterocycles. The van der Waals surface area contributed by atoms with Crippen molar-refractivity contribution >= 4 is 5.91 Å². The van der Waals surface area contributed by atoms with E-state index in [1.165, 1.54) is 0 Å². The molecule has 7 heteroatoms. The zero-order valence-corrected chi connectivity index (χ0v) is 16.3. The number of carbonyl (C=O) groups is 1. The Labute approximate surface area is 165 Å². The molecule has 0 bridgehead atoms. The van der Waals surface area contributed by atoms with Gasteiger partial charge in [0.05, 0.1) is 19.3 Å². The van der Waals surface area contributed by atoms with E-state index in [0.717, 1.165) is 55.8 Å². The Bertz CT molecular complexity index is 808. The van der Waals surface area contributed by atoms with Gasteiger partial charge in [-0.2, -0.15) is 5.10 Å². The highest BCUT2D eigenvalue weighted by Crippen LogP contribution is 2.24. The number of piperidine rings is 1. The van der Waals surface area contributed by atoms with Gasteiger partial charge in [-0.15, -0.1) is 0 Å². The van der Waals surface area contributed by atoms with E-state index in [9.17, 15) is 4.79 Å². The number of aromatic nitrogens is 2. The molecule has 0 aliphatic carbocycles. The van der Waals surface area contributed by atoms with E-state index >= 15 is 0 Å². The van der Waals surface area contributed by atoms with Crippen LogP contribution in [-0.2, 0) is 11.3 Å². The fraction of sp³-hybridized carbons (Fsp3) is 0.524. The quantitative estimate of drug-likeness (QED) is 0.799. The van der Waals surface area contributed by atoms with Crippen molar-refractivity contribution in [3.8, 4) is 5.75 Å². The summed E-state index contributed by atoms with van der Waals surface area (Å²) in [5.41, 5.74) is 2.54. The van der Waals surface area contributed by atoms with Crippen LogP contribution in [0.15, 0.2) is 30.5 Å². The second kappa shape index (κ2) is 8.75. The Morgan fingerprint density at radius 3 is 3.11 bits per heavy atom. The molecule has 3 heterocycles. The van der Waals surface area contributed by atoms with Crippen molar-refractivity contribution in [1.82, 2.24) is 20.4 Å². The minimum Gasteiger partial charge on any atom is -0.488 e. The molecule has 150 valence electrons. The highest BCUT2D eigenvalue weighted by Gasteiger charge is 2.20. The second-order valence-electron chi connectivity index (χ2n) is 7.58. The number of aryl methyl sites for hydroxylation is 1. The molecule has 0 spiro atoms. The maximum absolute atomic E-state index is 12.6. The molecule has 0 radical (unpaired) electrons. The van der Waals surface area contributed by atoms with E-state index in [2.05, 4.69) is 15.7 Å². The van der Waals surface area contributed by atoms with Crippen LogP contribution in [0.2, 0.25) is 0 Å².